The molecule has 3 aliphatic rings. The van der Waals surface area contributed by atoms with Crippen molar-refractivity contribution in [1.82, 2.24) is 19.4 Å². The quantitative estimate of drug-likeness (QED) is 0.740. The Morgan fingerprint density at radius 1 is 1.13 bits per heavy atom. The van der Waals surface area contributed by atoms with Crippen LogP contribution in [0.2, 0.25) is 0 Å². The van der Waals surface area contributed by atoms with Gasteiger partial charge in [-0.2, -0.15) is 13.2 Å². The molecule has 0 spiro atoms. The van der Waals surface area contributed by atoms with Crippen LogP contribution in [0.4, 0.5) is 19.0 Å². The van der Waals surface area contributed by atoms with Crippen molar-refractivity contribution < 1.29 is 18.0 Å². The first-order valence-corrected chi connectivity index (χ1v) is 10.4. The Morgan fingerprint density at radius 2 is 1.94 bits per heavy atom. The van der Waals surface area contributed by atoms with Crippen LogP contribution in [-0.4, -0.2) is 51.0 Å². The van der Waals surface area contributed by atoms with Crippen LogP contribution >= 0.6 is 0 Å². The normalized spacial score (nSPS) is 23.3. The number of amides is 1. The highest BCUT2D eigenvalue weighted by Crippen LogP contribution is 2.38. The summed E-state index contributed by atoms with van der Waals surface area (Å²) in [6.45, 7) is 1.49. The molecule has 2 saturated heterocycles. The molecule has 1 aliphatic carbocycles. The van der Waals surface area contributed by atoms with E-state index in [1.54, 1.807) is 4.90 Å². The van der Waals surface area contributed by atoms with Gasteiger partial charge in [-0.3, -0.25) is 14.2 Å². The number of carbonyl (C=O) groups excluding carboxylic acids is 1. The van der Waals surface area contributed by atoms with Gasteiger partial charge in [-0.05, 0) is 31.4 Å². The zero-order valence-corrected chi connectivity index (χ0v) is 16.8. The second-order valence-corrected chi connectivity index (χ2v) is 8.56. The molecule has 1 saturated carbocycles. The van der Waals surface area contributed by atoms with Crippen LogP contribution in [0.5, 0.6) is 0 Å². The lowest BCUT2D eigenvalue weighted by atomic mass is 10.1. The summed E-state index contributed by atoms with van der Waals surface area (Å²) in [4.78, 5) is 37.2. The standard InChI is InChI=1S/C21H22F3N5O2/c22-21(23,24)15-3-5-25-18(7-15)27-9-14-4-6-29(17(14)10-27)20(31)11-28-12-26-16(8-19(28)30)13-1-2-13/h3,5,7-8,12-14,17H,1-2,4,6,9-11H2. The van der Waals surface area contributed by atoms with E-state index < -0.39 is 11.7 Å². The molecule has 4 heterocycles. The van der Waals surface area contributed by atoms with E-state index in [1.165, 1.54) is 23.2 Å². The number of fused-ring (bicyclic) bond motifs is 1. The maximum atomic E-state index is 13.0. The summed E-state index contributed by atoms with van der Waals surface area (Å²) in [6, 6.07) is 3.42. The van der Waals surface area contributed by atoms with E-state index in [-0.39, 0.29) is 35.8 Å². The number of pyridine rings is 1. The van der Waals surface area contributed by atoms with Crippen LogP contribution in [0, 0.1) is 5.92 Å². The van der Waals surface area contributed by atoms with Gasteiger partial charge in [0.15, 0.2) is 0 Å². The number of likely N-dealkylation sites (tertiary alicyclic amines) is 1. The number of alkyl halides is 3. The molecule has 7 nitrogen and oxygen atoms in total. The van der Waals surface area contributed by atoms with Gasteiger partial charge in [0, 0.05) is 43.7 Å². The van der Waals surface area contributed by atoms with Crippen molar-refractivity contribution >= 4 is 11.7 Å². The van der Waals surface area contributed by atoms with Gasteiger partial charge in [0.2, 0.25) is 5.91 Å². The smallest absolute Gasteiger partial charge is 0.354 e. The molecule has 0 N–H and O–H groups in total. The van der Waals surface area contributed by atoms with E-state index in [2.05, 4.69) is 9.97 Å². The molecule has 2 unspecified atom stereocenters. The van der Waals surface area contributed by atoms with Crippen molar-refractivity contribution in [3.05, 3.63) is 52.3 Å². The predicted octanol–water partition coefficient (Wildman–Crippen LogP) is 2.27. The molecule has 2 aromatic rings. The number of aromatic nitrogens is 3. The summed E-state index contributed by atoms with van der Waals surface area (Å²) < 4.78 is 40.4. The Bertz CT molecular complexity index is 1070. The molecule has 0 bridgehead atoms. The average molecular weight is 433 g/mol. The van der Waals surface area contributed by atoms with Crippen LogP contribution in [-0.2, 0) is 17.5 Å². The lowest BCUT2D eigenvalue weighted by Crippen LogP contribution is -2.42. The number of hydrogen-bond donors (Lipinski definition) is 0. The SMILES string of the molecule is O=C(Cn1cnc(C2CC2)cc1=O)N1CCC2CN(c3cc(C(F)(F)F)ccn3)CC21. The third kappa shape index (κ3) is 3.90. The van der Waals surface area contributed by atoms with Crippen molar-refractivity contribution in [2.45, 2.75) is 43.9 Å². The van der Waals surface area contributed by atoms with E-state index in [0.717, 1.165) is 37.1 Å². The highest BCUT2D eigenvalue weighted by Gasteiger charge is 2.44. The van der Waals surface area contributed by atoms with Gasteiger partial charge in [-0.15, -0.1) is 0 Å². The van der Waals surface area contributed by atoms with Crippen LogP contribution < -0.4 is 10.5 Å². The first-order valence-electron chi connectivity index (χ1n) is 10.4. The van der Waals surface area contributed by atoms with E-state index >= 15 is 0 Å². The van der Waals surface area contributed by atoms with Crippen molar-refractivity contribution in [3.63, 3.8) is 0 Å². The topological polar surface area (TPSA) is 71.3 Å². The second-order valence-electron chi connectivity index (χ2n) is 8.56. The van der Waals surface area contributed by atoms with Gasteiger partial charge in [-0.25, -0.2) is 9.97 Å². The van der Waals surface area contributed by atoms with Crippen LogP contribution in [0.3, 0.4) is 0 Å². The van der Waals surface area contributed by atoms with Crippen molar-refractivity contribution in [2.75, 3.05) is 24.5 Å². The predicted molar refractivity (Wildman–Crippen MR) is 106 cm³/mol. The fourth-order valence-corrected chi connectivity index (χ4v) is 4.62. The lowest BCUT2D eigenvalue weighted by Gasteiger charge is -2.26. The first kappa shape index (κ1) is 20.0. The largest absolute Gasteiger partial charge is 0.416 e. The van der Waals surface area contributed by atoms with Crippen molar-refractivity contribution in [2.24, 2.45) is 5.92 Å². The van der Waals surface area contributed by atoms with Gasteiger partial charge in [0.05, 0.1) is 23.6 Å². The lowest BCUT2D eigenvalue weighted by molar-refractivity contribution is -0.137. The molecule has 1 amide bonds. The van der Waals surface area contributed by atoms with Gasteiger partial charge in [-0.1, -0.05) is 0 Å². The fraction of sp³-hybridized carbons (Fsp3) is 0.524. The fourth-order valence-electron chi connectivity index (χ4n) is 4.62. The maximum Gasteiger partial charge on any atom is 0.416 e. The summed E-state index contributed by atoms with van der Waals surface area (Å²) in [5.74, 6) is 0.640. The molecule has 10 heteroatoms. The average Bonchev–Trinajstić information content (AvgIpc) is 3.37. The molecule has 2 atom stereocenters. The molecule has 5 rings (SSSR count). The molecule has 3 fully saturated rings. The zero-order chi connectivity index (χ0) is 21.8. The van der Waals surface area contributed by atoms with Crippen molar-refractivity contribution in [3.8, 4) is 0 Å². The number of hydrogen-bond acceptors (Lipinski definition) is 5. The molecule has 164 valence electrons. The molecular formula is C21H22F3N5O2. The monoisotopic (exact) mass is 433 g/mol. The summed E-state index contributed by atoms with van der Waals surface area (Å²) in [6.07, 6.45) is 1.05. The molecule has 2 aromatic heterocycles. The second kappa shape index (κ2) is 7.35. The van der Waals surface area contributed by atoms with Gasteiger partial charge in [0.1, 0.15) is 12.4 Å². The molecular weight excluding hydrogens is 411 g/mol. The minimum Gasteiger partial charge on any atom is -0.354 e. The highest BCUT2D eigenvalue weighted by atomic mass is 19.4. The van der Waals surface area contributed by atoms with E-state index in [9.17, 15) is 22.8 Å². The zero-order valence-electron chi connectivity index (χ0n) is 16.8. The summed E-state index contributed by atoms with van der Waals surface area (Å²) in [5.41, 5.74) is -0.179. The Kier molecular flexibility index (Phi) is 4.75. The summed E-state index contributed by atoms with van der Waals surface area (Å²) >= 11 is 0. The highest BCUT2D eigenvalue weighted by molar-refractivity contribution is 5.77. The first-order chi connectivity index (χ1) is 14.8. The van der Waals surface area contributed by atoms with Crippen LogP contribution in [0.1, 0.15) is 36.4 Å². The van der Waals surface area contributed by atoms with Gasteiger partial charge < -0.3 is 9.80 Å². The van der Waals surface area contributed by atoms with Gasteiger partial charge >= 0.3 is 6.18 Å². The van der Waals surface area contributed by atoms with Gasteiger partial charge in [0.25, 0.3) is 5.56 Å². The third-order valence-electron chi connectivity index (χ3n) is 6.47. The minimum atomic E-state index is -4.42. The third-order valence-corrected chi connectivity index (χ3v) is 6.47. The van der Waals surface area contributed by atoms with Crippen molar-refractivity contribution in [1.29, 1.82) is 0 Å². The van der Waals surface area contributed by atoms with E-state index in [4.69, 9.17) is 0 Å². The Morgan fingerprint density at radius 3 is 2.65 bits per heavy atom. The number of carbonyl (C=O) groups is 1. The minimum absolute atomic E-state index is 0.0815. The Hall–Kier alpha value is -2.91. The molecule has 2 aliphatic heterocycles. The van der Waals surface area contributed by atoms with E-state index in [0.29, 0.717) is 25.6 Å². The van der Waals surface area contributed by atoms with Crippen LogP contribution in [0.15, 0.2) is 35.5 Å². The number of rotatable bonds is 4. The Balaban J connectivity index is 1.28. The van der Waals surface area contributed by atoms with E-state index in [1.807, 2.05) is 4.90 Å². The molecule has 31 heavy (non-hydrogen) atoms. The summed E-state index contributed by atoms with van der Waals surface area (Å²) in [7, 11) is 0. The molecule has 0 radical (unpaired) electrons. The van der Waals surface area contributed by atoms with Crippen LogP contribution in [0.25, 0.3) is 0 Å². The molecule has 0 aromatic carbocycles. The maximum absolute atomic E-state index is 13.0. The number of halogens is 3. The summed E-state index contributed by atoms with van der Waals surface area (Å²) in [5, 5.41) is 0. The number of anilines is 1. The Labute approximate surface area is 176 Å². The number of nitrogens with zero attached hydrogens (tertiary/aromatic N) is 5.